The minimum atomic E-state index is -0.282. The van der Waals surface area contributed by atoms with E-state index in [0.717, 1.165) is 35.7 Å². The number of rotatable bonds is 7. The van der Waals surface area contributed by atoms with Crippen molar-refractivity contribution in [2.75, 3.05) is 20.7 Å². The number of nitrogens with zero attached hydrogens (tertiary/aromatic N) is 1. The van der Waals surface area contributed by atoms with Crippen LogP contribution in [0.1, 0.15) is 67.4 Å². The van der Waals surface area contributed by atoms with E-state index in [-0.39, 0.29) is 37.4 Å². The largest absolute Gasteiger partial charge is 1.00 e. The van der Waals surface area contributed by atoms with Gasteiger partial charge in [0, 0.05) is 6.54 Å². The van der Waals surface area contributed by atoms with Gasteiger partial charge in [-0.1, -0.05) is 69.9 Å². The van der Waals surface area contributed by atoms with E-state index in [1.54, 1.807) is 0 Å². The Labute approximate surface area is 200 Å². The van der Waals surface area contributed by atoms with Crippen LogP contribution in [0.25, 0.3) is 11.1 Å². The van der Waals surface area contributed by atoms with Crippen LogP contribution in [0.5, 0.6) is 0 Å². The van der Waals surface area contributed by atoms with Gasteiger partial charge in [-0.3, -0.25) is 0 Å². The van der Waals surface area contributed by atoms with Crippen LogP contribution in [0.3, 0.4) is 0 Å². The van der Waals surface area contributed by atoms with Crippen LogP contribution in [-0.4, -0.2) is 31.6 Å². The van der Waals surface area contributed by atoms with Crippen LogP contribution in [0.4, 0.5) is 0 Å². The van der Waals surface area contributed by atoms with Gasteiger partial charge in [-0.05, 0) is 67.2 Å². The number of esters is 1. The average molecular weight is 522 g/mol. The van der Waals surface area contributed by atoms with Crippen molar-refractivity contribution in [2.24, 2.45) is 5.92 Å². The maximum absolute atomic E-state index is 12.3. The van der Waals surface area contributed by atoms with Gasteiger partial charge in [0.15, 0.2) is 0 Å². The molecule has 3 nitrogen and oxygen atoms in total. The van der Waals surface area contributed by atoms with Crippen molar-refractivity contribution in [3.05, 3.63) is 59.2 Å². The topological polar surface area (TPSA) is 29.5 Å². The molecule has 0 saturated heterocycles. The minimum Gasteiger partial charge on any atom is -1.00 e. The van der Waals surface area contributed by atoms with Gasteiger partial charge in [0.2, 0.25) is 0 Å². The number of benzene rings is 2. The molecule has 2 aromatic carbocycles. The second-order valence-corrected chi connectivity index (χ2v) is 8.22. The molecule has 1 fully saturated rings. The maximum Gasteiger partial charge on any atom is 0.338 e. The standard InChI is InChI=1S/C25H33NO2.CH4.HI/c1-19-9-7-8-12-22(19)24-17-21(13-14-23(24)25(27)28-3)18-26(2)16-15-20-10-5-4-6-11-20;;/h7-9,12-14,17,20H,4-6,10-11,15-16,18H2,1-3H3;1H4;1H/p-1. The lowest BCUT2D eigenvalue weighted by Crippen LogP contribution is -3.00. The van der Waals surface area contributed by atoms with E-state index in [1.165, 1.54) is 51.2 Å². The molecule has 1 aliphatic carbocycles. The molecular weight excluding hydrogens is 485 g/mol. The average Bonchev–Trinajstić information content (AvgIpc) is 2.73. The first kappa shape index (κ1) is 26.6. The summed E-state index contributed by atoms with van der Waals surface area (Å²) in [4.78, 5) is 14.7. The summed E-state index contributed by atoms with van der Waals surface area (Å²) < 4.78 is 5.02. The van der Waals surface area contributed by atoms with Crippen molar-refractivity contribution in [1.82, 2.24) is 4.90 Å². The first-order chi connectivity index (χ1) is 13.6. The number of ether oxygens (including phenoxy) is 1. The molecule has 30 heavy (non-hydrogen) atoms. The summed E-state index contributed by atoms with van der Waals surface area (Å²) in [6.07, 6.45) is 8.33. The Morgan fingerprint density at radius 2 is 1.77 bits per heavy atom. The van der Waals surface area contributed by atoms with Crippen molar-refractivity contribution in [3.63, 3.8) is 0 Å². The van der Waals surface area contributed by atoms with E-state index in [4.69, 9.17) is 4.74 Å². The third-order valence-corrected chi connectivity index (χ3v) is 6.02. The number of hydrogen-bond acceptors (Lipinski definition) is 3. The van der Waals surface area contributed by atoms with Crippen LogP contribution in [0.15, 0.2) is 42.5 Å². The van der Waals surface area contributed by atoms with Gasteiger partial charge in [-0.25, -0.2) is 4.79 Å². The number of hydrogen-bond donors (Lipinski definition) is 0. The molecule has 0 bridgehead atoms. The van der Waals surface area contributed by atoms with Gasteiger partial charge in [0.1, 0.15) is 0 Å². The Morgan fingerprint density at radius 3 is 2.43 bits per heavy atom. The number of halogens is 1. The summed E-state index contributed by atoms with van der Waals surface area (Å²) in [6, 6.07) is 14.3. The Morgan fingerprint density at radius 1 is 1.07 bits per heavy atom. The minimum absolute atomic E-state index is 0. The zero-order valence-corrected chi connectivity index (χ0v) is 20.1. The van der Waals surface area contributed by atoms with Gasteiger partial charge in [0.05, 0.1) is 12.7 Å². The first-order valence-electron chi connectivity index (χ1n) is 10.5. The van der Waals surface area contributed by atoms with Crippen LogP contribution in [0.2, 0.25) is 0 Å². The fourth-order valence-corrected chi connectivity index (χ4v) is 4.35. The Bertz CT molecular complexity index is 799. The van der Waals surface area contributed by atoms with E-state index in [2.05, 4.69) is 43.1 Å². The summed E-state index contributed by atoms with van der Waals surface area (Å²) in [5, 5.41) is 0. The zero-order valence-electron chi connectivity index (χ0n) is 17.9. The molecule has 0 unspecified atom stereocenters. The van der Waals surface area contributed by atoms with Crippen molar-refractivity contribution in [3.8, 4) is 11.1 Å². The molecule has 0 spiro atoms. The van der Waals surface area contributed by atoms with Gasteiger partial charge in [-0.15, -0.1) is 0 Å². The van der Waals surface area contributed by atoms with Gasteiger partial charge in [0.25, 0.3) is 0 Å². The molecule has 0 atom stereocenters. The summed E-state index contributed by atoms with van der Waals surface area (Å²) in [6.45, 7) is 4.11. The summed E-state index contributed by atoms with van der Waals surface area (Å²) in [7, 11) is 3.64. The van der Waals surface area contributed by atoms with Gasteiger partial charge >= 0.3 is 5.97 Å². The molecule has 0 aliphatic heterocycles. The Balaban J connectivity index is 0.00000225. The summed E-state index contributed by atoms with van der Waals surface area (Å²) in [5.41, 5.74) is 5.08. The fourth-order valence-electron chi connectivity index (χ4n) is 4.35. The third kappa shape index (κ3) is 7.09. The molecule has 0 amide bonds. The number of carbonyl (C=O) groups excluding carboxylic acids is 1. The Hall–Kier alpha value is -1.40. The maximum atomic E-state index is 12.3. The highest BCUT2D eigenvalue weighted by atomic mass is 127. The van der Waals surface area contributed by atoms with Crippen molar-refractivity contribution in [2.45, 2.75) is 59.4 Å². The predicted molar refractivity (Wildman–Crippen MR) is 122 cm³/mol. The van der Waals surface area contributed by atoms with Crippen LogP contribution in [-0.2, 0) is 11.3 Å². The summed E-state index contributed by atoms with van der Waals surface area (Å²) >= 11 is 0. The molecule has 0 aromatic heterocycles. The second-order valence-electron chi connectivity index (χ2n) is 8.22. The van der Waals surface area contributed by atoms with Crippen molar-refractivity contribution >= 4 is 5.97 Å². The molecule has 0 N–H and O–H groups in total. The second kappa shape index (κ2) is 13.1. The van der Waals surface area contributed by atoms with Crippen LogP contribution in [0, 0.1) is 12.8 Å². The number of aryl methyl sites for hydroxylation is 1. The SMILES string of the molecule is C.COC(=O)c1ccc(CN(C)CCC2CCCCC2)cc1-c1ccccc1C.[I-]. The highest BCUT2D eigenvalue weighted by Gasteiger charge is 2.17. The van der Waals surface area contributed by atoms with Crippen LogP contribution < -0.4 is 24.0 Å². The van der Waals surface area contributed by atoms with E-state index in [1.807, 2.05) is 18.2 Å². The summed E-state index contributed by atoms with van der Waals surface area (Å²) in [5.74, 6) is 0.621. The monoisotopic (exact) mass is 522 g/mol. The van der Waals surface area contributed by atoms with Gasteiger partial charge < -0.3 is 33.6 Å². The number of carbonyl (C=O) groups is 1. The third-order valence-electron chi connectivity index (χ3n) is 6.02. The van der Waals surface area contributed by atoms with Crippen molar-refractivity contribution in [1.29, 1.82) is 0 Å². The molecule has 0 heterocycles. The van der Waals surface area contributed by atoms with E-state index < -0.39 is 0 Å². The quantitative estimate of drug-likeness (QED) is 0.412. The molecule has 4 heteroatoms. The normalized spacial score (nSPS) is 14.0. The zero-order chi connectivity index (χ0) is 19.9. The van der Waals surface area contributed by atoms with Gasteiger partial charge in [-0.2, -0.15) is 0 Å². The smallest absolute Gasteiger partial charge is 0.338 e. The van der Waals surface area contributed by atoms with Crippen LogP contribution >= 0.6 is 0 Å². The lowest BCUT2D eigenvalue weighted by molar-refractivity contribution is -0.0000210. The van der Waals surface area contributed by atoms with E-state index in [9.17, 15) is 4.79 Å². The predicted octanol–water partition coefficient (Wildman–Crippen LogP) is 3.49. The lowest BCUT2D eigenvalue weighted by Gasteiger charge is -2.25. The molecule has 0 radical (unpaired) electrons. The molecule has 3 rings (SSSR count). The van der Waals surface area contributed by atoms with Crippen molar-refractivity contribution < 1.29 is 33.5 Å². The molecule has 1 aliphatic rings. The molecule has 2 aromatic rings. The molecule has 1 saturated carbocycles. The molecular formula is C26H37INO2-. The van der Waals surface area contributed by atoms with E-state index in [0.29, 0.717) is 5.56 Å². The first-order valence-corrected chi connectivity index (χ1v) is 10.5. The fraction of sp³-hybridized carbons (Fsp3) is 0.500. The lowest BCUT2D eigenvalue weighted by atomic mass is 9.87. The van der Waals surface area contributed by atoms with E-state index >= 15 is 0 Å². The molecule has 166 valence electrons. The highest BCUT2D eigenvalue weighted by Crippen LogP contribution is 2.29. The Kier molecular flexibility index (Phi) is 11.6. The highest BCUT2D eigenvalue weighted by molar-refractivity contribution is 5.97. The number of methoxy groups -OCH3 is 1.